The van der Waals surface area contributed by atoms with Crippen LogP contribution in [0.2, 0.25) is 0 Å². The van der Waals surface area contributed by atoms with E-state index in [0.717, 1.165) is 24.7 Å². The van der Waals surface area contributed by atoms with Crippen LogP contribution in [0, 0.1) is 0 Å². The molecule has 0 N–H and O–H groups in total. The van der Waals surface area contributed by atoms with Crippen molar-refractivity contribution in [2.75, 3.05) is 26.1 Å². The third-order valence-electron chi connectivity index (χ3n) is 2.30. The van der Waals surface area contributed by atoms with Gasteiger partial charge in [-0.05, 0) is 6.07 Å². The maximum absolute atomic E-state index is 5.46. The highest BCUT2D eigenvalue weighted by molar-refractivity contribution is 7.99. The van der Waals surface area contributed by atoms with Gasteiger partial charge in [0, 0.05) is 11.3 Å². The third-order valence-corrected chi connectivity index (χ3v) is 3.50. The molecule has 0 amide bonds. The van der Waals surface area contributed by atoms with Gasteiger partial charge in [0.15, 0.2) is 0 Å². The monoisotopic (exact) mass is 210 g/mol. The predicted molar refractivity (Wildman–Crippen MR) is 59.0 cm³/mol. The van der Waals surface area contributed by atoms with Crippen LogP contribution in [0.1, 0.15) is 10.8 Å². The number of hydrogen-bond acceptors (Lipinski definition) is 3. The van der Waals surface area contributed by atoms with E-state index < -0.39 is 0 Å². The van der Waals surface area contributed by atoms with Gasteiger partial charge >= 0.3 is 0 Å². The summed E-state index contributed by atoms with van der Waals surface area (Å²) in [4.78, 5) is 0. The van der Waals surface area contributed by atoms with Crippen LogP contribution < -0.4 is 4.74 Å². The van der Waals surface area contributed by atoms with Gasteiger partial charge in [-0.2, -0.15) is 0 Å². The van der Waals surface area contributed by atoms with E-state index in [1.165, 1.54) is 5.56 Å². The van der Waals surface area contributed by atoms with Crippen LogP contribution in [0.4, 0.5) is 0 Å². The summed E-state index contributed by atoms with van der Waals surface area (Å²) in [6.07, 6.45) is 0. The minimum absolute atomic E-state index is 0.430. The first-order chi connectivity index (χ1) is 6.92. The molecule has 14 heavy (non-hydrogen) atoms. The van der Waals surface area contributed by atoms with E-state index in [9.17, 15) is 0 Å². The Morgan fingerprint density at radius 2 is 2.29 bits per heavy atom. The molecule has 1 heterocycles. The summed E-state index contributed by atoms with van der Waals surface area (Å²) in [5, 5.41) is 0.430. The van der Waals surface area contributed by atoms with Gasteiger partial charge in [-0.25, -0.2) is 0 Å². The Bertz CT molecular complexity index is 295. The second-order valence-electron chi connectivity index (χ2n) is 3.18. The Morgan fingerprint density at radius 3 is 3.00 bits per heavy atom. The topological polar surface area (TPSA) is 18.5 Å². The summed E-state index contributed by atoms with van der Waals surface area (Å²) in [5.74, 6) is 2.04. The first-order valence-corrected chi connectivity index (χ1v) is 5.79. The van der Waals surface area contributed by atoms with Gasteiger partial charge in [-0.3, -0.25) is 0 Å². The molecule has 1 aliphatic rings. The number of benzene rings is 1. The number of ether oxygens (including phenoxy) is 2. The molecule has 3 heteroatoms. The molecule has 1 aromatic rings. The van der Waals surface area contributed by atoms with Crippen LogP contribution in [0.5, 0.6) is 5.75 Å². The Balaban J connectivity index is 2.20. The average Bonchev–Trinajstić information content (AvgIpc) is 2.30. The minimum Gasteiger partial charge on any atom is -0.496 e. The van der Waals surface area contributed by atoms with Crippen molar-refractivity contribution in [3.05, 3.63) is 29.8 Å². The van der Waals surface area contributed by atoms with E-state index in [2.05, 4.69) is 6.07 Å². The molecule has 2 nitrogen and oxygen atoms in total. The molecule has 0 bridgehead atoms. The molecule has 76 valence electrons. The van der Waals surface area contributed by atoms with Crippen molar-refractivity contribution in [1.29, 1.82) is 0 Å². The second-order valence-corrected chi connectivity index (χ2v) is 4.49. The Hall–Kier alpha value is -0.670. The molecule has 0 aliphatic carbocycles. The van der Waals surface area contributed by atoms with Crippen LogP contribution in [-0.2, 0) is 4.74 Å². The largest absolute Gasteiger partial charge is 0.496 e. The molecule has 0 saturated carbocycles. The Kier molecular flexibility index (Phi) is 3.32. The molecular formula is C11H14O2S. The van der Waals surface area contributed by atoms with Crippen molar-refractivity contribution in [1.82, 2.24) is 0 Å². The van der Waals surface area contributed by atoms with Gasteiger partial charge in [0.2, 0.25) is 0 Å². The summed E-state index contributed by atoms with van der Waals surface area (Å²) < 4.78 is 10.8. The van der Waals surface area contributed by atoms with Crippen LogP contribution >= 0.6 is 11.8 Å². The van der Waals surface area contributed by atoms with Crippen molar-refractivity contribution in [3.63, 3.8) is 0 Å². The minimum atomic E-state index is 0.430. The van der Waals surface area contributed by atoms with E-state index in [1.54, 1.807) is 7.11 Å². The van der Waals surface area contributed by atoms with Gasteiger partial charge in [0.05, 0.1) is 25.6 Å². The Labute approximate surface area is 88.6 Å². The second kappa shape index (κ2) is 4.71. The number of hydrogen-bond donors (Lipinski definition) is 0. The van der Waals surface area contributed by atoms with Gasteiger partial charge in [0.1, 0.15) is 5.75 Å². The Morgan fingerprint density at radius 1 is 1.43 bits per heavy atom. The lowest BCUT2D eigenvalue weighted by Crippen LogP contribution is -2.14. The SMILES string of the molecule is COc1ccccc1C1COCCS1. The average molecular weight is 210 g/mol. The normalized spacial score (nSPS) is 21.9. The molecule has 1 unspecified atom stereocenters. The third kappa shape index (κ3) is 2.04. The fourth-order valence-electron chi connectivity index (χ4n) is 1.60. The standard InChI is InChI=1S/C11H14O2S/c1-12-10-5-3-2-4-9(10)11-8-13-6-7-14-11/h2-5,11H,6-8H2,1H3. The lowest BCUT2D eigenvalue weighted by atomic mass is 10.1. The van der Waals surface area contributed by atoms with Crippen LogP contribution in [0.25, 0.3) is 0 Å². The molecule has 1 fully saturated rings. The highest BCUT2D eigenvalue weighted by Crippen LogP contribution is 2.36. The first-order valence-electron chi connectivity index (χ1n) is 4.74. The van der Waals surface area contributed by atoms with Crippen LogP contribution in [0.3, 0.4) is 0 Å². The summed E-state index contributed by atoms with van der Waals surface area (Å²) in [7, 11) is 1.72. The van der Waals surface area contributed by atoms with Crippen LogP contribution in [0.15, 0.2) is 24.3 Å². The zero-order valence-electron chi connectivity index (χ0n) is 8.23. The van der Waals surface area contributed by atoms with E-state index in [0.29, 0.717) is 5.25 Å². The van der Waals surface area contributed by atoms with E-state index >= 15 is 0 Å². The first kappa shape index (κ1) is 9.87. The van der Waals surface area contributed by atoms with Crippen molar-refractivity contribution >= 4 is 11.8 Å². The lowest BCUT2D eigenvalue weighted by Gasteiger charge is -2.23. The van der Waals surface area contributed by atoms with Crippen molar-refractivity contribution in [2.24, 2.45) is 0 Å². The molecule has 0 radical (unpaired) electrons. The molecule has 1 aliphatic heterocycles. The number of rotatable bonds is 2. The summed E-state index contributed by atoms with van der Waals surface area (Å²) >= 11 is 1.94. The number of methoxy groups -OCH3 is 1. The van der Waals surface area contributed by atoms with Gasteiger partial charge < -0.3 is 9.47 Å². The van der Waals surface area contributed by atoms with Crippen molar-refractivity contribution in [3.8, 4) is 5.75 Å². The summed E-state index contributed by atoms with van der Waals surface area (Å²) in [5.41, 5.74) is 1.25. The van der Waals surface area contributed by atoms with Gasteiger partial charge in [-0.15, -0.1) is 11.8 Å². The molecular weight excluding hydrogens is 196 g/mol. The van der Waals surface area contributed by atoms with Crippen LogP contribution in [-0.4, -0.2) is 26.1 Å². The summed E-state index contributed by atoms with van der Waals surface area (Å²) in [6.45, 7) is 1.67. The van der Waals surface area contributed by atoms with E-state index in [-0.39, 0.29) is 0 Å². The number of para-hydroxylation sites is 1. The zero-order chi connectivity index (χ0) is 9.80. The highest BCUT2D eigenvalue weighted by Gasteiger charge is 2.19. The fourth-order valence-corrected chi connectivity index (χ4v) is 2.67. The van der Waals surface area contributed by atoms with Gasteiger partial charge in [0.25, 0.3) is 0 Å². The molecule has 1 atom stereocenters. The molecule has 0 aromatic heterocycles. The van der Waals surface area contributed by atoms with E-state index in [4.69, 9.17) is 9.47 Å². The predicted octanol–water partition coefficient (Wildman–Crippen LogP) is 2.50. The quantitative estimate of drug-likeness (QED) is 0.747. The molecule has 1 saturated heterocycles. The lowest BCUT2D eigenvalue weighted by molar-refractivity contribution is 0.143. The number of thioether (sulfide) groups is 1. The van der Waals surface area contributed by atoms with E-state index in [1.807, 2.05) is 30.0 Å². The maximum Gasteiger partial charge on any atom is 0.123 e. The highest BCUT2D eigenvalue weighted by atomic mass is 32.2. The molecule has 0 spiro atoms. The molecule has 2 rings (SSSR count). The maximum atomic E-state index is 5.46. The van der Waals surface area contributed by atoms with Crippen molar-refractivity contribution < 1.29 is 9.47 Å². The molecule has 1 aromatic carbocycles. The summed E-state index contributed by atoms with van der Waals surface area (Å²) in [6, 6.07) is 8.17. The van der Waals surface area contributed by atoms with Gasteiger partial charge in [-0.1, -0.05) is 18.2 Å². The fraction of sp³-hybridized carbons (Fsp3) is 0.455. The zero-order valence-corrected chi connectivity index (χ0v) is 9.05. The van der Waals surface area contributed by atoms with Crippen molar-refractivity contribution in [2.45, 2.75) is 5.25 Å². The smallest absolute Gasteiger partial charge is 0.123 e.